The fourth-order valence-electron chi connectivity index (χ4n) is 1.96. The maximum atomic E-state index is 8.64. The highest BCUT2D eigenvalue weighted by Crippen LogP contribution is 2.01. The Balaban J connectivity index is 0. The lowest BCUT2D eigenvalue weighted by Crippen LogP contribution is -2.44. The number of nitrogens with one attached hydrogen (secondary N) is 2. The van der Waals surface area contributed by atoms with Crippen molar-refractivity contribution >= 4 is 24.8 Å². The molecule has 2 aliphatic heterocycles. The van der Waals surface area contributed by atoms with Crippen LogP contribution in [0.25, 0.3) is 0 Å². The van der Waals surface area contributed by atoms with E-state index in [1.807, 2.05) is 13.8 Å². The summed E-state index contributed by atoms with van der Waals surface area (Å²) in [4.78, 5) is 0. The lowest BCUT2D eigenvalue weighted by Gasteiger charge is -2.27. The first kappa shape index (κ1) is 22.6. The van der Waals surface area contributed by atoms with Gasteiger partial charge in [-0.05, 0) is 13.8 Å². The Labute approximate surface area is 133 Å². The van der Waals surface area contributed by atoms with Crippen LogP contribution in [0.5, 0.6) is 0 Å². The summed E-state index contributed by atoms with van der Waals surface area (Å²) < 4.78 is 10.6. The fourth-order valence-corrected chi connectivity index (χ4v) is 1.96. The van der Waals surface area contributed by atoms with Crippen molar-refractivity contribution in [2.45, 2.75) is 38.3 Å². The third-order valence-electron chi connectivity index (χ3n) is 2.86. The van der Waals surface area contributed by atoms with Crippen molar-refractivity contribution in [2.75, 3.05) is 39.4 Å². The minimum Gasteiger partial charge on any atom is -0.394 e. The van der Waals surface area contributed by atoms with Crippen LogP contribution in [0, 0.1) is 0 Å². The normalized spacial score (nSPS) is 33.0. The van der Waals surface area contributed by atoms with Crippen molar-refractivity contribution in [3.63, 3.8) is 0 Å². The summed E-state index contributed by atoms with van der Waals surface area (Å²) in [5, 5.41) is 23.6. The first-order valence-electron chi connectivity index (χ1n) is 6.59. The van der Waals surface area contributed by atoms with E-state index in [4.69, 9.17) is 19.7 Å². The van der Waals surface area contributed by atoms with E-state index in [-0.39, 0.29) is 62.4 Å². The molecule has 2 saturated heterocycles. The molecule has 0 saturated carbocycles. The molecule has 0 aliphatic carbocycles. The van der Waals surface area contributed by atoms with E-state index in [2.05, 4.69) is 10.6 Å². The van der Waals surface area contributed by atoms with Crippen LogP contribution in [-0.4, -0.2) is 74.0 Å². The maximum Gasteiger partial charge on any atom is 0.0933 e. The topological polar surface area (TPSA) is 83.0 Å². The van der Waals surface area contributed by atoms with Gasteiger partial charge in [0, 0.05) is 26.2 Å². The third kappa shape index (κ3) is 9.31. The van der Waals surface area contributed by atoms with Gasteiger partial charge in [-0.1, -0.05) is 0 Å². The quantitative estimate of drug-likeness (QED) is 0.548. The van der Waals surface area contributed by atoms with Crippen LogP contribution in [0.4, 0.5) is 0 Å². The summed E-state index contributed by atoms with van der Waals surface area (Å²) >= 11 is 0. The third-order valence-corrected chi connectivity index (χ3v) is 2.86. The Kier molecular flexibility index (Phi) is 14.7. The van der Waals surface area contributed by atoms with Gasteiger partial charge in [-0.2, -0.15) is 0 Å². The summed E-state index contributed by atoms with van der Waals surface area (Å²) in [5.74, 6) is 0. The first-order chi connectivity index (χ1) is 8.65. The standard InChI is InChI=1S/2C6H13NO2.2ClH/c2*1-5-2-7-3-6(4-8)9-5;;/h2*5-8H,2-4H2,1H3;2*1H/t2*5-,6+;;/m10../s1. The van der Waals surface area contributed by atoms with E-state index in [0.717, 1.165) is 26.2 Å². The smallest absolute Gasteiger partial charge is 0.0933 e. The molecule has 4 N–H and O–H groups in total. The number of ether oxygens (including phenoxy) is 2. The van der Waals surface area contributed by atoms with Gasteiger partial charge in [0.25, 0.3) is 0 Å². The number of rotatable bonds is 2. The molecule has 0 spiro atoms. The molecule has 0 aromatic carbocycles. The molecule has 2 fully saturated rings. The highest BCUT2D eigenvalue weighted by Gasteiger charge is 2.17. The molecule has 2 heterocycles. The molecule has 0 radical (unpaired) electrons. The zero-order valence-electron chi connectivity index (χ0n) is 12.1. The van der Waals surface area contributed by atoms with E-state index in [9.17, 15) is 0 Å². The van der Waals surface area contributed by atoms with Gasteiger partial charge in [0.05, 0.1) is 37.6 Å². The molecular weight excluding hydrogens is 307 g/mol. The molecule has 2 aliphatic rings. The molecule has 0 aromatic rings. The van der Waals surface area contributed by atoms with Crippen LogP contribution in [0.2, 0.25) is 0 Å². The summed E-state index contributed by atoms with van der Waals surface area (Å²) in [6, 6.07) is 0. The minimum absolute atomic E-state index is 0. The highest BCUT2D eigenvalue weighted by molar-refractivity contribution is 5.85. The Hall–Kier alpha value is 0.340. The number of morpholine rings is 2. The van der Waals surface area contributed by atoms with E-state index >= 15 is 0 Å². The Bertz CT molecular complexity index is 206. The lowest BCUT2D eigenvalue weighted by atomic mass is 10.3. The van der Waals surface area contributed by atoms with Gasteiger partial charge in [0.2, 0.25) is 0 Å². The predicted octanol–water partition coefficient (Wildman–Crippen LogP) is -0.445. The van der Waals surface area contributed by atoms with Crippen molar-refractivity contribution in [3.8, 4) is 0 Å². The van der Waals surface area contributed by atoms with Gasteiger partial charge in [-0.25, -0.2) is 0 Å². The van der Waals surface area contributed by atoms with E-state index in [1.165, 1.54) is 0 Å². The molecule has 124 valence electrons. The zero-order valence-corrected chi connectivity index (χ0v) is 13.7. The van der Waals surface area contributed by atoms with Crippen molar-refractivity contribution in [1.82, 2.24) is 10.6 Å². The molecule has 0 amide bonds. The van der Waals surface area contributed by atoms with Crippen LogP contribution in [0.3, 0.4) is 0 Å². The molecule has 2 rings (SSSR count). The van der Waals surface area contributed by atoms with Gasteiger partial charge in [0.1, 0.15) is 0 Å². The molecule has 20 heavy (non-hydrogen) atoms. The van der Waals surface area contributed by atoms with Crippen molar-refractivity contribution in [1.29, 1.82) is 0 Å². The van der Waals surface area contributed by atoms with Crippen LogP contribution in [0.1, 0.15) is 13.8 Å². The lowest BCUT2D eigenvalue weighted by molar-refractivity contribution is -0.0519. The van der Waals surface area contributed by atoms with Crippen LogP contribution in [-0.2, 0) is 9.47 Å². The molecule has 0 aromatic heterocycles. The zero-order chi connectivity index (χ0) is 13.4. The summed E-state index contributed by atoms with van der Waals surface area (Å²) in [7, 11) is 0. The summed E-state index contributed by atoms with van der Waals surface area (Å²) in [6.07, 6.45) is 0.509. The van der Waals surface area contributed by atoms with Gasteiger partial charge in [-0.3, -0.25) is 0 Å². The van der Waals surface area contributed by atoms with Crippen LogP contribution >= 0.6 is 24.8 Å². The molecular formula is C12H28Cl2N2O4. The first-order valence-corrected chi connectivity index (χ1v) is 6.59. The highest BCUT2D eigenvalue weighted by atomic mass is 35.5. The molecule has 0 unspecified atom stereocenters. The van der Waals surface area contributed by atoms with E-state index < -0.39 is 0 Å². The Morgan fingerprint density at radius 2 is 1.15 bits per heavy atom. The monoisotopic (exact) mass is 334 g/mol. The maximum absolute atomic E-state index is 8.64. The average Bonchev–Trinajstić information content (AvgIpc) is 2.39. The number of hydrogen-bond acceptors (Lipinski definition) is 6. The van der Waals surface area contributed by atoms with E-state index in [0.29, 0.717) is 0 Å². The summed E-state index contributed by atoms with van der Waals surface area (Å²) in [5.41, 5.74) is 0. The number of aliphatic hydroxyl groups excluding tert-OH is 2. The average molecular weight is 335 g/mol. The second kappa shape index (κ2) is 13.0. The second-order valence-corrected chi connectivity index (χ2v) is 4.82. The van der Waals surface area contributed by atoms with Crippen molar-refractivity contribution in [2.24, 2.45) is 0 Å². The second-order valence-electron chi connectivity index (χ2n) is 4.82. The van der Waals surface area contributed by atoms with Gasteiger partial charge in [-0.15, -0.1) is 24.8 Å². The number of aliphatic hydroxyl groups is 2. The van der Waals surface area contributed by atoms with Crippen molar-refractivity contribution < 1.29 is 19.7 Å². The molecule has 6 nitrogen and oxygen atoms in total. The SMILES string of the molecule is C[C@@H]1CNC[C@@H](CO)O1.C[C@H]1CNC[C@H](CO)O1.Cl.Cl. The minimum atomic E-state index is 0. The van der Waals surface area contributed by atoms with Gasteiger partial charge >= 0.3 is 0 Å². The predicted molar refractivity (Wildman–Crippen MR) is 83.1 cm³/mol. The fraction of sp³-hybridized carbons (Fsp3) is 1.00. The van der Waals surface area contributed by atoms with Crippen LogP contribution < -0.4 is 10.6 Å². The molecule has 8 heteroatoms. The molecule has 0 bridgehead atoms. The largest absolute Gasteiger partial charge is 0.394 e. The van der Waals surface area contributed by atoms with Gasteiger partial charge < -0.3 is 30.3 Å². The number of hydrogen-bond donors (Lipinski definition) is 4. The Morgan fingerprint density at radius 3 is 1.35 bits per heavy atom. The Morgan fingerprint density at radius 1 is 0.800 bits per heavy atom. The van der Waals surface area contributed by atoms with Gasteiger partial charge in [0.15, 0.2) is 0 Å². The summed E-state index contributed by atoms with van der Waals surface area (Å²) in [6.45, 7) is 7.59. The van der Waals surface area contributed by atoms with E-state index in [1.54, 1.807) is 0 Å². The number of halogens is 2. The molecule has 4 atom stereocenters. The van der Waals surface area contributed by atoms with Crippen LogP contribution in [0.15, 0.2) is 0 Å². The van der Waals surface area contributed by atoms with Crippen molar-refractivity contribution in [3.05, 3.63) is 0 Å².